The molecule has 2 heterocycles. The first-order chi connectivity index (χ1) is 15.5. The monoisotopic (exact) mass is 457 g/mol. The molecule has 8 nitrogen and oxygen atoms in total. The number of nitrogens with one attached hydrogen (secondary N) is 3. The number of fused-ring (bicyclic) bond motifs is 1. The van der Waals surface area contributed by atoms with Crippen LogP contribution in [0.15, 0.2) is 35.7 Å². The number of aryl methyl sites for hydroxylation is 1. The van der Waals surface area contributed by atoms with Crippen LogP contribution in [-0.2, 0) is 16.1 Å². The molecule has 0 radical (unpaired) electrons. The van der Waals surface area contributed by atoms with Crippen LogP contribution in [0.4, 0.5) is 21.4 Å². The van der Waals surface area contributed by atoms with Gasteiger partial charge in [-0.05, 0) is 61.9 Å². The van der Waals surface area contributed by atoms with Gasteiger partial charge < -0.3 is 14.6 Å². The molecule has 1 aromatic carbocycles. The highest BCUT2D eigenvalue weighted by Crippen LogP contribution is 2.25. The lowest BCUT2D eigenvalue weighted by molar-refractivity contribution is -0.120. The Balaban J connectivity index is 1.82. The quantitative estimate of drug-likeness (QED) is 0.329. The number of carbonyl (C=O) groups excluding carboxylic acids is 2. The molecule has 32 heavy (non-hydrogen) atoms. The second-order valence-corrected chi connectivity index (χ2v) is 8.35. The summed E-state index contributed by atoms with van der Waals surface area (Å²) >= 11 is 1.45. The van der Waals surface area contributed by atoms with Gasteiger partial charge in [-0.3, -0.25) is 15.4 Å². The van der Waals surface area contributed by atoms with Crippen LogP contribution in [0.5, 0.6) is 0 Å². The summed E-state index contributed by atoms with van der Waals surface area (Å²) in [6.45, 7) is 7.93. The van der Waals surface area contributed by atoms with Gasteiger partial charge in [0.25, 0.3) is 0 Å². The molecule has 0 atom stereocenters. The van der Waals surface area contributed by atoms with Crippen molar-refractivity contribution >= 4 is 50.9 Å². The van der Waals surface area contributed by atoms with Crippen LogP contribution in [-0.4, -0.2) is 34.7 Å². The number of amides is 3. The Kier molecular flexibility index (Phi) is 8.64. The van der Waals surface area contributed by atoms with E-state index in [-0.39, 0.29) is 17.9 Å². The maximum Gasteiger partial charge on any atom is 0.326 e. The molecule has 0 fully saturated rings. The van der Waals surface area contributed by atoms with Crippen molar-refractivity contribution in [2.45, 2.75) is 46.6 Å². The summed E-state index contributed by atoms with van der Waals surface area (Å²) in [7, 11) is 0. The number of hydrogen-bond donors (Lipinski definition) is 3. The Morgan fingerprint density at radius 3 is 2.62 bits per heavy atom. The zero-order valence-electron chi connectivity index (χ0n) is 18.8. The highest BCUT2D eigenvalue weighted by atomic mass is 32.1. The topological polar surface area (TPSA) is 97.3 Å². The molecule has 0 unspecified atom stereocenters. The Hall–Kier alpha value is -2.91. The van der Waals surface area contributed by atoms with Crippen molar-refractivity contribution in [2.24, 2.45) is 5.92 Å². The lowest BCUT2D eigenvalue weighted by atomic mass is 10.0. The van der Waals surface area contributed by atoms with Crippen LogP contribution in [0.2, 0.25) is 0 Å². The van der Waals surface area contributed by atoms with Gasteiger partial charge in [0.2, 0.25) is 11.9 Å². The molecular weight excluding hydrogens is 426 g/mol. The normalized spacial score (nSPS) is 11.1. The van der Waals surface area contributed by atoms with E-state index < -0.39 is 0 Å². The van der Waals surface area contributed by atoms with E-state index in [1.165, 1.54) is 11.3 Å². The second-order valence-electron chi connectivity index (χ2n) is 7.40. The van der Waals surface area contributed by atoms with Gasteiger partial charge in [-0.2, -0.15) is 0 Å². The number of carbonyl (C=O) groups is 2. The zero-order valence-corrected chi connectivity index (χ0v) is 19.6. The maximum absolute atomic E-state index is 12.5. The summed E-state index contributed by atoms with van der Waals surface area (Å²) in [5.41, 5.74) is 2.28. The fourth-order valence-corrected chi connectivity index (χ4v) is 4.11. The van der Waals surface area contributed by atoms with Crippen molar-refractivity contribution in [3.8, 4) is 0 Å². The SMILES string of the molecule is CCOCCCn1c(NC(=O)Nc2cccs2)nc2cc(NC(=O)C(CC)CC)ccc21. The summed E-state index contributed by atoms with van der Waals surface area (Å²) < 4.78 is 7.43. The average molecular weight is 458 g/mol. The van der Waals surface area contributed by atoms with Crippen LogP contribution in [0.1, 0.15) is 40.0 Å². The number of rotatable bonds is 11. The number of imidazole rings is 1. The minimum absolute atomic E-state index is 0.0131. The van der Waals surface area contributed by atoms with Crippen LogP contribution in [0.25, 0.3) is 11.0 Å². The van der Waals surface area contributed by atoms with Gasteiger partial charge in [0, 0.05) is 31.4 Å². The van der Waals surface area contributed by atoms with E-state index in [9.17, 15) is 9.59 Å². The summed E-state index contributed by atoms with van der Waals surface area (Å²) in [5, 5.41) is 11.3. The number of thiophene rings is 1. The number of benzene rings is 1. The molecule has 0 aliphatic heterocycles. The average Bonchev–Trinajstić information content (AvgIpc) is 3.39. The first kappa shape index (κ1) is 23.7. The highest BCUT2D eigenvalue weighted by Gasteiger charge is 2.17. The number of urea groups is 1. The lowest BCUT2D eigenvalue weighted by Crippen LogP contribution is -2.21. The van der Waals surface area contributed by atoms with E-state index in [4.69, 9.17) is 4.74 Å². The van der Waals surface area contributed by atoms with Gasteiger partial charge in [0.15, 0.2) is 0 Å². The second kappa shape index (κ2) is 11.6. The van der Waals surface area contributed by atoms with Crippen LogP contribution in [0, 0.1) is 5.92 Å². The number of hydrogen-bond acceptors (Lipinski definition) is 5. The fraction of sp³-hybridized carbons (Fsp3) is 0.435. The number of aromatic nitrogens is 2. The first-order valence-electron chi connectivity index (χ1n) is 11.1. The predicted molar refractivity (Wildman–Crippen MR) is 131 cm³/mol. The van der Waals surface area contributed by atoms with Crippen LogP contribution in [0.3, 0.4) is 0 Å². The Bertz CT molecular complexity index is 1030. The van der Waals surface area contributed by atoms with Gasteiger partial charge in [0.1, 0.15) is 0 Å². The zero-order chi connectivity index (χ0) is 22.9. The summed E-state index contributed by atoms with van der Waals surface area (Å²) in [6.07, 6.45) is 2.38. The minimum Gasteiger partial charge on any atom is -0.382 e. The van der Waals surface area contributed by atoms with Crippen LogP contribution < -0.4 is 16.0 Å². The number of nitrogens with zero attached hydrogens (tertiary/aromatic N) is 2. The molecule has 3 rings (SSSR count). The maximum atomic E-state index is 12.5. The van der Waals surface area contributed by atoms with Gasteiger partial charge in [-0.25, -0.2) is 9.78 Å². The third-order valence-corrected chi connectivity index (χ3v) is 6.02. The van der Waals surface area contributed by atoms with Crippen molar-refractivity contribution < 1.29 is 14.3 Å². The predicted octanol–water partition coefficient (Wildman–Crippen LogP) is 5.54. The molecule has 9 heteroatoms. The number of anilines is 3. The third kappa shape index (κ3) is 6.08. The standard InChI is InChI=1S/C23H31N5O3S/c1-4-16(5-2)21(29)24-17-10-11-19-18(15-17)25-22(28(19)12-8-13-31-6-3)27-23(30)26-20-9-7-14-32-20/h7,9-11,14-16H,4-6,8,12-13H2,1-3H3,(H,24,29)(H2,25,26,27,30). The van der Waals surface area contributed by atoms with Gasteiger partial charge in [0.05, 0.1) is 16.0 Å². The smallest absolute Gasteiger partial charge is 0.326 e. The van der Waals surface area contributed by atoms with Crippen molar-refractivity contribution in [2.75, 3.05) is 29.2 Å². The van der Waals surface area contributed by atoms with E-state index in [2.05, 4.69) is 20.9 Å². The molecule has 0 aliphatic rings. The Labute approximate surface area is 192 Å². The Morgan fingerprint density at radius 1 is 1.12 bits per heavy atom. The number of ether oxygens (including phenoxy) is 1. The summed E-state index contributed by atoms with van der Waals surface area (Å²) in [5.74, 6) is 0.452. The molecule has 3 aromatic rings. The summed E-state index contributed by atoms with van der Waals surface area (Å²) in [4.78, 5) is 29.6. The molecule has 0 spiro atoms. The fourth-order valence-electron chi connectivity index (χ4n) is 3.50. The molecular formula is C23H31N5O3S. The largest absolute Gasteiger partial charge is 0.382 e. The Morgan fingerprint density at radius 2 is 1.94 bits per heavy atom. The molecule has 0 aliphatic carbocycles. The molecule has 2 aromatic heterocycles. The van der Waals surface area contributed by atoms with Crippen molar-refractivity contribution in [3.05, 3.63) is 35.7 Å². The van der Waals surface area contributed by atoms with E-state index in [1.54, 1.807) is 0 Å². The molecule has 0 saturated carbocycles. The van der Waals surface area contributed by atoms with E-state index in [0.29, 0.717) is 36.9 Å². The van der Waals surface area contributed by atoms with Crippen molar-refractivity contribution in [1.82, 2.24) is 9.55 Å². The summed E-state index contributed by atoms with van der Waals surface area (Å²) in [6, 6.07) is 9.00. The van der Waals surface area contributed by atoms with Gasteiger partial charge in [-0.15, -0.1) is 11.3 Å². The molecule has 3 N–H and O–H groups in total. The minimum atomic E-state index is -0.351. The van der Waals surface area contributed by atoms with E-state index >= 15 is 0 Å². The molecule has 3 amide bonds. The van der Waals surface area contributed by atoms with Gasteiger partial charge >= 0.3 is 6.03 Å². The lowest BCUT2D eigenvalue weighted by Gasteiger charge is -2.13. The van der Waals surface area contributed by atoms with Crippen molar-refractivity contribution in [1.29, 1.82) is 0 Å². The van der Waals surface area contributed by atoms with Crippen LogP contribution >= 0.6 is 11.3 Å². The third-order valence-electron chi connectivity index (χ3n) is 5.23. The van der Waals surface area contributed by atoms with E-state index in [1.807, 2.05) is 61.1 Å². The van der Waals surface area contributed by atoms with E-state index in [0.717, 1.165) is 29.8 Å². The molecule has 0 bridgehead atoms. The first-order valence-corrected chi connectivity index (χ1v) is 11.9. The molecule has 0 saturated heterocycles. The molecule has 172 valence electrons. The highest BCUT2D eigenvalue weighted by molar-refractivity contribution is 7.14. The van der Waals surface area contributed by atoms with Gasteiger partial charge in [-0.1, -0.05) is 13.8 Å². The van der Waals surface area contributed by atoms with Crippen molar-refractivity contribution in [3.63, 3.8) is 0 Å².